The van der Waals surface area contributed by atoms with E-state index in [1.807, 2.05) is 42.5 Å². The van der Waals surface area contributed by atoms with E-state index in [1.54, 1.807) is 0 Å². The molecule has 4 aromatic rings. The minimum Gasteiger partial charge on any atom is -0.449 e. The van der Waals surface area contributed by atoms with E-state index in [1.165, 1.54) is 23.9 Å². The lowest BCUT2D eigenvalue weighted by Crippen LogP contribution is -2.17. The van der Waals surface area contributed by atoms with Gasteiger partial charge in [0.25, 0.3) is 5.22 Å². The zero-order valence-corrected chi connectivity index (χ0v) is 18.2. The van der Waals surface area contributed by atoms with Crippen molar-refractivity contribution in [3.05, 3.63) is 72.3 Å². The second-order valence-corrected chi connectivity index (χ2v) is 7.62. The van der Waals surface area contributed by atoms with Gasteiger partial charge >= 0.3 is 12.3 Å². The highest BCUT2D eigenvalue weighted by Gasteiger charge is 2.31. The van der Waals surface area contributed by atoms with Crippen molar-refractivity contribution in [2.24, 2.45) is 0 Å². The number of fused-ring (bicyclic) bond motifs is 1. The maximum atomic E-state index is 12.2. The molecule has 0 radical (unpaired) electrons. The smallest absolute Gasteiger partial charge is 0.449 e. The van der Waals surface area contributed by atoms with Crippen molar-refractivity contribution in [2.45, 2.75) is 11.6 Å². The monoisotopic (exact) mass is 484 g/mol. The van der Waals surface area contributed by atoms with E-state index >= 15 is 0 Å². The summed E-state index contributed by atoms with van der Waals surface area (Å²) in [6.07, 6.45) is -4.80. The van der Waals surface area contributed by atoms with Crippen LogP contribution >= 0.6 is 11.8 Å². The molecule has 0 atom stereocenters. The van der Waals surface area contributed by atoms with Crippen LogP contribution < -0.4 is 4.74 Å². The minimum atomic E-state index is -4.80. The number of aromatic nitrogens is 2. The van der Waals surface area contributed by atoms with Crippen molar-refractivity contribution in [1.29, 1.82) is 0 Å². The Bertz CT molecular complexity index is 1350. The van der Waals surface area contributed by atoms with Gasteiger partial charge in [0.2, 0.25) is 5.89 Å². The summed E-state index contributed by atoms with van der Waals surface area (Å²) in [7, 11) is 0. The third-order valence-electron chi connectivity index (χ3n) is 4.42. The van der Waals surface area contributed by atoms with Crippen LogP contribution in [0.25, 0.3) is 22.2 Å². The Kier molecular flexibility index (Phi) is 7.04. The number of carbonyl (C=O) groups is 1. The van der Waals surface area contributed by atoms with Crippen LogP contribution in [-0.2, 0) is 4.74 Å². The highest BCUT2D eigenvalue weighted by atomic mass is 32.2. The predicted molar refractivity (Wildman–Crippen MR) is 119 cm³/mol. The van der Waals surface area contributed by atoms with Gasteiger partial charge in [0.1, 0.15) is 5.75 Å². The molecule has 34 heavy (non-hydrogen) atoms. The molecule has 0 unspecified atom stereocenters. The summed E-state index contributed by atoms with van der Waals surface area (Å²) in [5.74, 6) is 5.11. The molecule has 0 fully saturated rings. The van der Waals surface area contributed by atoms with Crippen molar-refractivity contribution < 1.29 is 31.9 Å². The number of rotatable bonds is 6. The van der Waals surface area contributed by atoms with Crippen LogP contribution in [0.1, 0.15) is 10.4 Å². The van der Waals surface area contributed by atoms with Crippen molar-refractivity contribution in [3.63, 3.8) is 0 Å². The van der Waals surface area contributed by atoms with E-state index in [2.05, 4.69) is 26.8 Å². The van der Waals surface area contributed by atoms with E-state index < -0.39 is 18.1 Å². The van der Waals surface area contributed by atoms with Crippen LogP contribution in [0.3, 0.4) is 0 Å². The van der Waals surface area contributed by atoms with Crippen molar-refractivity contribution in [2.75, 3.05) is 12.4 Å². The van der Waals surface area contributed by atoms with Crippen molar-refractivity contribution in [1.82, 2.24) is 10.2 Å². The topological polar surface area (TPSA) is 74.5 Å². The summed E-state index contributed by atoms with van der Waals surface area (Å²) in [5.41, 5.74) is 0.922. The largest absolute Gasteiger partial charge is 0.573 e. The van der Waals surface area contributed by atoms with E-state index in [0.29, 0.717) is 16.9 Å². The van der Waals surface area contributed by atoms with Gasteiger partial charge in [-0.1, -0.05) is 60.0 Å². The van der Waals surface area contributed by atoms with Gasteiger partial charge in [-0.05, 0) is 41.1 Å². The summed E-state index contributed by atoms with van der Waals surface area (Å²) in [5, 5.41) is 10.6. The second kappa shape index (κ2) is 10.3. The molecule has 172 valence electrons. The van der Waals surface area contributed by atoms with Crippen LogP contribution in [0.2, 0.25) is 0 Å². The Morgan fingerprint density at radius 2 is 1.74 bits per heavy atom. The Hall–Kier alpha value is -3.97. The van der Waals surface area contributed by atoms with E-state index in [9.17, 15) is 18.0 Å². The quantitative estimate of drug-likeness (QED) is 0.196. The number of hydrogen-bond acceptors (Lipinski definition) is 7. The molecule has 0 spiro atoms. The Morgan fingerprint density at radius 3 is 2.53 bits per heavy atom. The normalized spacial score (nSPS) is 11.0. The molecular formula is C24H15F3N2O4S. The van der Waals surface area contributed by atoms with E-state index in [4.69, 9.17) is 9.15 Å². The third-order valence-corrected chi connectivity index (χ3v) is 5.12. The molecule has 0 aliphatic carbocycles. The highest BCUT2D eigenvalue weighted by Crippen LogP contribution is 2.29. The summed E-state index contributed by atoms with van der Waals surface area (Å²) >= 11 is 1.24. The van der Waals surface area contributed by atoms with Gasteiger partial charge in [-0.3, -0.25) is 0 Å². The number of ether oxygens (including phenoxy) is 2. The maximum absolute atomic E-state index is 12.2. The Balaban J connectivity index is 1.26. The third kappa shape index (κ3) is 6.08. The average Bonchev–Trinajstić information content (AvgIpc) is 3.29. The van der Waals surface area contributed by atoms with Crippen LogP contribution in [0.15, 0.2) is 76.4 Å². The highest BCUT2D eigenvalue weighted by molar-refractivity contribution is 7.99. The first-order chi connectivity index (χ1) is 16.4. The van der Waals surface area contributed by atoms with Crippen molar-refractivity contribution in [3.8, 4) is 29.0 Å². The summed E-state index contributed by atoms with van der Waals surface area (Å²) in [4.78, 5) is 11.9. The van der Waals surface area contributed by atoms with Crippen LogP contribution in [-0.4, -0.2) is 34.9 Å². The first-order valence-electron chi connectivity index (χ1n) is 9.82. The summed E-state index contributed by atoms with van der Waals surface area (Å²) < 4.78 is 51.0. The molecule has 0 amide bonds. The Morgan fingerprint density at radius 1 is 0.971 bits per heavy atom. The van der Waals surface area contributed by atoms with Crippen LogP contribution in [0.4, 0.5) is 13.2 Å². The van der Waals surface area contributed by atoms with E-state index in [0.717, 1.165) is 28.5 Å². The van der Waals surface area contributed by atoms with E-state index in [-0.39, 0.29) is 12.2 Å². The molecule has 6 nitrogen and oxygen atoms in total. The number of alkyl halides is 3. The van der Waals surface area contributed by atoms with Gasteiger partial charge < -0.3 is 13.9 Å². The maximum Gasteiger partial charge on any atom is 0.573 e. The van der Waals surface area contributed by atoms with Gasteiger partial charge in [0.15, 0.2) is 6.61 Å². The fraction of sp³-hybridized carbons (Fsp3) is 0.125. The fourth-order valence-electron chi connectivity index (χ4n) is 2.97. The molecule has 1 aromatic heterocycles. The lowest BCUT2D eigenvalue weighted by atomic mass is 10.0. The number of benzene rings is 3. The number of thioether (sulfide) groups is 1. The van der Waals surface area contributed by atoms with Gasteiger partial charge in [-0.2, -0.15) is 0 Å². The molecular weight excluding hydrogens is 469 g/mol. The average molecular weight is 484 g/mol. The van der Waals surface area contributed by atoms with Crippen molar-refractivity contribution >= 4 is 28.5 Å². The molecule has 0 N–H and O–H groups in total. The number of nitrogens with zero attached hydrogens (tertiary/aromatic N) is 2. The number of esters is 1. The summed E-state index contributed by atoms with van der Waals surface area (Å²) in [6, 6.07) is 18.1. The minimum absolute atomic E-state index is 0.0810. The molecule has 0 saturated carbocycles. The molecule has 10 heteroatoms. The molecule has 0 bridgehead atoms. The number of carbonyl (C=O) groups excluding carboxylic acids is 1. The molecule has 1 heterocycles. The first kappa shape index (κ1) is 23.2. The zero-order chi connectivity index (χ0) is 24.0. The molecule has 3 aromatic carbocycles. The molecule has 0 saturated heterocycles. The zero-order valence-electron chi connectivity index (χ0n) is 17.3. The lowest BCUT2D eigenvalue weighted by molar-refractivity contribution is -0.274. The number of hydrogen-bond donors (Lipinski definition) is 0. The SMILES string of the molecule is O=C(OCC#CCSc1nnc(-c2cccc3ccccc23)o1)c1ccc(OC(F)(F)F)cc1. The van der Waals surface area contributed by atoms with Crippen LogP contribution in [0, 0.1) is 11.8 Å². The summed E-state index contributed by atoms with van der Waals surface area (Å²) in [6.45, 7) is -0.175. The van der Waals surface area contributed by atoms with Gasteiger partial charge in [-0.15, -0.1) is 23.4 Å². The molecule has 0 aliphatic heterocycles. The fourth-order valence-corrected chi connectivity index (χ4v) is 3.50. The van der Waals surface area contributed by atoms with Gasteiger partial charge in [-0.25, -0.2) is 4.79 Å². The second-order valence-electron chi connectivity index (χ2n) is 6.69. The standard InChI is InChI=1S/C24H15F3N2O4S/c25-24(26,27)33-18-12-10-17(11-13-18)22(30)31-14-3-4-15-34-23-29-28-21(32-23)20-9-5-7-16-6-1-2-8-19(16)20/h1-2,5-13H,14-15H2. The Labute approximate surface area is 196 Å². The molecule has 4 rings (SSSR count). The molecule has 0 aliphatic rings. The number of halogens is 3. The van der Waals surface area contributed by atoms with Gasteiger partial charge in [0, 0.05) is 5.56 Å². The lowest BCUT2D eigenvalue weighted by Gasteiger charge is -2.08. The first-order valence-corrected chi connectivity index (χ1v) is 10.8. The van der Waals surface area contributed by atoms with Gasteiger partial charge in [0.05, 0.1) is 11.3 Å². The predicted octanol–water partition coefficient (Wildman–Crippen LogP) is 5.74. The van der Waals surface area contributed by atoms with Crippen LogP contribution in [0.5, 0.6) is 5.75 Å².